The molecule has 0 spiro atoms. The molecule has 0 aliphatic carbocycles. The molecule has 3 heterocycles. The summed E-state index contributed by atoms with van der Waals surface area (Å²) in [5.41, 5.74) is 1.06. The largest absolute Gasteiger partial charge is 0.497 e. The molecule has 2 aromatic rings. The Morgan fingerprint density at radius 2 is 1.93 bits per heavy atom. The summed E-state index contributed by atoms with van der Waals surface area (Å²) < 4.78 is 12.6. The zero-order valence-electron chi connectivity index (χ0n) is 17.8. The molecule has 4 rings (SSSR count). The van der Waals surface area contributed by atoms with Crippen LogP contribution < -0.4 is 4.74 Å². The van der Waals surface area contributed by atoms with Crippen molar-refractivity contribution in [2.75, 3.05) is 40.4 Å². The average Bonchev–Trinajstić information content (AvgIpc) is 3.38. The second-order valence-corrected chi connectivity index (χ2v) is 8.37. The van der Waals surface area contributed by atoms with Gasteiger partial charge in [0.05, 0.1) is 18.6 Å². The molecule has 0 N–H and O–H groups in total. The number of methoxy groups -OCH3 is 2. The number of hydrogen-bond acceptors (Lipinski definition) is 4. The van der Waals surface area contributed by atoms with Crippen LogP contribution in [0.25, 0.3) is 0 Å². The van der Waals surface area contributed by atoms with Crippen LogP contribution in [0.5, 0.6) is 5.75 Å². The molecule has 1 aromatic heterocycles. The van der Waals surface area contributed by atoms with Gasteiger partial charge in [-0.05, 0) is 42.7 Å². The lowest BCUT2D eigenvalue weighted by molar-refractivity contribution is -0.150. The minimum Gasteiger partial charge on any atom is -0.497 e. The third-order valence-electron chi connectivity index (χ3n) is 6.33. The molecule has 1 unspecified atom stereocenters. The maximum absolute atomic E-state index is 13.6. The van der Waals surface area contributed by atoms with Gasteiger partial charge in [-0.15, -0.1) is 0 Å². The Balaban J connectivity index is 1.55. The molecule has 2 aliphatic heterocycles. The van der Waals surface area contributed by atoms with Crippen LogP contribution in [0.3, 0.4) is 0 Å². The number of ether oxygens (including phenoxy) is 2. The second-order valence-electron chi connectivity index (χ2n) is 8.37. The van der Waals surface area contributed by atoms with Gasteiger partial charge in [-0.25, -0.2) is 0 Å². The molecule has 0 saturated carbocycles. The highest BCUT2D eigenvalue weighted by atomic mass is 16.5. The predicted molar refractivity (Wildman–Crippen MR) is 112 cm³/mol. The van der Waals surface area contributed by atoms with Gasteiger partial charge in [0, 0.05) is 46.5 Å². The van der Waals surface area contributed by atoms with E-state index in [1.54, 1.807) is 19.1 Å². The Kier molecular flexibility index (Phi) is 5.56. The summed E-state index contributed by atoms with van der Waals surface area (Å²) in [6.07, 6.45) is 3.37. The molecule has 2 aliphatic rings. The van der Waals surface area contributed by atoms with Crippen LogP contribution in [0.4, 0.5) is 0 Å². The Bertz CT molecular complexity index is 932. The third-order valence-corrected chi connectivity index (χ3v) is 6.33. The minimum atomic E-state index is -0.615. The number of benzene rings is 1. The summed E-state index contributed by atoms with van der Waals surface area (Å²) in [5.74, 6) is 0.848. The Labute approximate surface area is 177 Å². The van der Waals surface area contributed by atoms with Crippen LogP contribution in [0.1, 0.15) is 22.5 Å². The van der Waals surface area contributed by atoms with E-state index in [9.17, 15) is 9.59 Å². The Hall–Kier alpha value is -2.80. The van der Waals surface area contributed by atoms with Gasteiger partial charge in [-0.3, -0.25) is 9.59 Å². The van der Waals surface area contributed by atoms with Crippen molar-refractivity contribution >= 4 is 11.8 Å². The highest BCUT2D eigenvalue weighted by Gasteiger charge is 2.53. The lowest BCUT2D eigenvalue weighted by atomic mass is 9.73. The quantitative estimate of drug-likeness (QED) is 0.729. The van der Waals surface area contributed by atoms with E-state index in [1.165, 1.54) is 0 Å². The summed E-state index contributed by atoms with van der Waals surface area (Å²) in [4.78, 5) is 30.2. The van der Waals surface area contributed by atoms with Gasteiger partial charge < -0.3 is 23.8 Å². The van der Waals surface area contributed by atoms with Gasteiger partial charge in [0.15, 0.2) is 0 Å². The lowest BCUT2D eigenvalue weighted by Gasteiger charge is -2.50. The van der Waals surface area contributed by atoms with Crippen molar-refractivity contribution in [1.82, 2.24) is 14.4 Å². The average molecular weight is 412 g/mol. The summed E-state index contributed by atoms with van der Waals surface area (Å²) in [7, 11) is 5.18. The summed E-state index contributed by atoms with van der Waals surface area (Å²) in [6.45, 7) is 2.15. The SMILES string of the molecule is COc1cccc(CC2(C(=O)N3CCC(OC)C3)CN(C(=O)c3cccn3C)C2)c1. The molecule has 0 radical (unpaired) electrons. The number of rotatable bonds is 6. The fraction of sp³-hybridized carbons (Fsp3) is 0.478. The highest BCUT2D eigenvalue weighted by Crippen LogP contribution is 2.38. The molecule has 30 heavy (non-hydrogen) atoms. The second kappa shape index (κ2) is 8.14. The van der Waals surface area contributed by atoms with Gasteiger partial charge >= 0.3 is 0 Å². The van der Waals surface area contributed by atoms with Gasteiger partial charge in [0.25, 0.3) is 5.91 Å². The topological polar surface area (TPSA) is 64.0 Å². The van der Waals surface area contributed by atoms with Crippen molar-refractivity contribution in [3.05, 3.63) is 53.9 Å². The van der Waals surface area contributed by atoms with Gasteiger partial charge in [0.2, 0.25) is 5.91 Å². The number of carbonyl (C=O) groups is 2. The van der Waals surface area contributed by atoms with Crippen molar-refractivity contribution in [2.45, 2.75) is 18.9 Å². The minimum absolute atomic E-state index is 0.0345. The molecule has 2 saturated heterocycles. The molecular formula is C23H29N3O4. The monoisotopic (exact) mass is 411 g/mol. The van der Waals surface area contributed by atoms with Gasteiger partial charge in [-0.1, -0.05) is 12.1 Å². The predicted octanol–water partition coefficient (Wildman–Crippen LogP) is 1.97. The molecule has 1 atom stereocenters. The van der Waals surface area contributed by atoms with E-state index in [0.29, 0.717) is 38.3 Å². The number of aromatic nitrogens is 1. The van der Waals surface area contributed by atoms with E-state index in [2.05, 4.69) is 0 Å². The Morgan fingerprint density at radius 3 is 2.57 bits per heavy atom. The fourth-order valence-corrected chi connectivity index (χ4v) is 4.61. The van der Waals surface area contributed by atoms with E-state index in [1.807, 2.05) is 59.1 Å². The van der Waals surface area contributed by atoms with Crippen LogP contribution in [0.2, 0.25) is 0 Å². The van der Waals surface area contributed by atoms with Crippen LogP contribution in [0, 0.1) is 5.41 Å². The van der Waals surface area contributed by atoms with E-state index >= 15 is 0 Å². The zero-order chi connectivity index (χ0) is 21.3. The van der Waals surface area contributed by atoms with Crippen molar-refractivity contribution in [2.24, 2.45) is 12.5 Å². The molecule has 160 valence electrons. The van der Waals surface area contributed by atoms with Crippen LogP contribution >= 0.6 is 0 Å². The first-order valence-corrected chi connectivity index (χ1v) is 10.3. The Morgan fingerprint density at radius 1 is 1.13 bits per heavy atom. The zero-order valence-corrected chi connectivity index (χ0v) is 17.8. The van der Waals surface area contributed by atoms with E-state index in [-0.39, 0.29) is 17.9 Å². The smallest absolute Gasteiger partial charge is 0.270 e. The maximum atomic E-state index is 13.6. The highest BCUT2D eigenvalue weighted by molar-refractivity contribution is 5.96. The normalized spacial score (nSPS) is 20.2. The van der Waals surface area contributed by atoms with Crippen molar-refractivity contribution in [3.8, 4) is 5.75 Å². The number of aryl methyl sites for hydroxylation is 1. The fourth-order valence-electron chi connectivity index (χ4n) is 4.61. The molecule has 7 nitrogen and oxygen atoms in total. The number of nitrogens with zero attached hydrogens (tertiary/aromatic N) is 3. The van der Waals surface area contributed by atoms with Crippen LogP contribution in [-0.2, 0) is 23.0 Å². The first kappa shape index (κ1) is 20.5. The van der Waals surface area contributed by atoms with Gasteiger partial charge in [-0.2, -0.15) is 0 Å². The van der Waals surface area contributed by atoms with Crippen LogP contribution in [0.15, 0.2) is 42.6 Å². The van der Waals surface area contributed by atoms with E-state index < -0.39 is 5.41 Å². The van der Waals surface area contributed by atoms with Crippen molar-refractivity contribution in [1.29, 1.82) is 0 Å². The number of hydrogen-bond donors (Lipinski definition) is 0. The van der Waals surface area contributed by atoms with E-state index in [4.69, 9.17) is 9.47 Å². The van der Waals surface area contributed by atoms with Crippen molar-refractivity contribution < 1.29 is 19.1 Å². The standard InChI is InChI=1S/C23H29N3O4/c1-24-10-5-8-20(24)21(27)26-15-23(16-26,13-17-6-4-7-18(12-17)29-2)22(28)25-11-9-19(14-25)30-3/h4-8,10,12,19H,9,11,13-16H2,1-3H3. The molecule has 2 amide bonds. The molecular weight excluding hydrogens is 382 g/mol. The summed E-state index contributed by atoms with van der Waals surface area (Å²) in [6, 6.07) is 11.5. The number of amides is 2. The molecule has 7 heteroatoms. The maximum Gasteiger partial charge on any atom is 0.270 e. The van der Waals surface area contributed by atoms with Gasteiger partial charge in [0.1, 0.15) is 11.4 Å². The van der Waals surface area contributed by atoms with E-state index in [0.717, 1.165) is 17.7 Å². The molecule has 0 bridgehead atoms. The third kappa shape index (κ3) is 3.69. The van der Waals surface area contributed by atoms with Crippen molar-refractivity contribution in [3.63, 3.8) is 0 Å². The summed E-state index contributed by atoms with van der Waals surface area (Å²) >= 11 is 0. The molecule has 1 aromatic carbocycles. The lowest BCUT2D eigenvalue weighted by Crippen LogP contribution is -2.66. The number of carbonyl (C=O) groups excluding carboxylic acids is 2. The first-order valence-electron chi connectivity index (χ1n) is 10.3. The number of likely N-dealkylation sites (tertiary alicyclic amines) is 2. The van der Waals surface area contributed by atoms with Crippen LogP contribution in [-0.4, -0.2) is 72.7 Å². The molecule has 2 fully saturated rings. The first-order chi connectivity index (χ1) is 14.5. The summed E-state index contributed by atoms with van der Waals surface area (Å²) in [5, 5.41) is 0.